The van der Waals surface area contributed by atoms with Crippen LogP contribution in [0.25, 0.3) is 0 Å². The average molecular weight is 295 g/mol. The molecule has 0 aliphatic carbocycles. The molecule has 0 atom stereocenters. The van der Waals surface area contributed by atoms with E-state index in [2.05, 4.69) is 5.32 Å². The molecule has 1 aromatic carbocycles. The standard InChI is InChI=1S/C15H19ClN2O2/c1-11-5-6-12(16)9-13(11)17-14(19)10-15(20)18-7-3-2-4-8-18/h5-6,9H,2-4,7-8,10H2,1H3,(H,17,19). The molecular weight excluding hydrogens is 276 g/mol. The Morgan fingerprint density at radius 3 is 2.65 bits per heavy atom. The number of nitrogens with one attached hydrogen (secondary N) is 1. The summed E-state index contributed by atoms with van der Waals surface area (Å²) in [5, 5.41) is 3.31. The number of hydrogen-bond donors (Lipinski definition) is 1. The topological polar surface area (TPSA) is 49.4 Å². The molecule has 0 unspecified atom stereocenters. The van der Waals surface area contributed by atoms with Crippen LogP contribution in [-0.4, -0.2) is 29.8 Å². The summed E-state index contributed by atoms with van der Waals surface area (Å²) in [6.45, 7) is 3.42. The minimum absolute atomic E-state index is 0.0955. The van der Waals surface area contributed by atoms with Crippen LogP contribution < -0.4 is 5.32 Å². The molecule has 1 N–H and O–H groups in total. The average Bonchev–Trinajstić information content (AvgIpc) is 2.43. The molecule has 0 saturated carbocycles. The zero-order valence-electron chi connectivity index (χ0n) is 11.6. The molecule has 1 aromatic rings. The highest BCUT2D eigenvalue weighted by molar-refractivity contribution is 6.31. The van der Waals surface area contributed by atoms with Gasteiger partial charge in [0.15, 0.2) is 0 Å². The number of aryl methyl sites for hydroxylation is 1. The first-order valence-corrected chi connectivity index (χ1v) is 7.28. The van der Waals surface area contributed by atoms with Crippen LogP contribution >= 0.6 is 11.6 Å². The number of piperidine rings is 1. The summed E-state index contributed by atoms with van der Waals surface area (Å²) in [5.41, 5.74) is 1.59. The van der Waals surface area contributed by atoms with E-state index in [4.69, 9.17) is 11.6 Å². The number of anilines is 1. The molecule has 5 heteroatoms. The van der Waals surface area contributed by atoms with Crippen LogP contribution in [0.2, 0.25) is 5.02 Å². The number of carbonyl (C=O) groups excluding carboxylic acids is 2. The second-order valence-electron chi connectivity index (χ2n) is 5.13. The molecule has 0 aromatic heterocycles. The quantitative estimate of drug-likeness (QED) is 0.871. The van der Waals surface area contributed by atoms with Crippen molar-refractivity contribution in [1.82, 2.24) is 4.90 Å². The number of rotatable bonds is 3. The number of nitrogens with zero attached hydrogens (tertiary/aromatic N) is 1. The number of likely N-dealkylation sites (tertiary alicyclic amines) is 1. The summed E-state index contributed by atoms with van der Waals surface area (Å²) in [7, 11) is 0. The van der Waals surface area contributed by atoms with Crippen molar-refractivity contribution >= 4 is 29.1 Å². The number of hydrogen-bond acceptors (Lipinski definition) is 2. The van der Waals surface area contributed by atoms with Gasteiger partial charge in [-0.1, -0.05) is 17.7 Å². The van der Waals surface area contributed by atoms with Crippen molar-refractivity contribution in [3.8, 4) is 0 Å². The predicted molar refractivity (Wildman–Crippen MR) is 79.9 cm³/mol. The smallest absolute Gasteiger partial charge is 0.233 e. The van der Waals surface area contributed by atoms with Gasteiger partial charge in [-0.15, -0.1) is 0 Å². The van der Waals surface area contributed by atoms with Gasteiger partial charge in [0.2, 0.25) is 11.8 Å². The predicted octanol–water partition coefficient (Wildman–Crippen LogP) is 2.99. The lowest BCUT2D eigenvalue weighted by molar-refractivity contribution is -0.135. The van der Waals surface area contributed by atoms with Gasteiger partial charge in [-0.25, -0.2) is 0 Å². The van der Waals surface area contributed by atoms with Crippen molar-refractivity contribution in [2.24, 2.45) is 0 Å². The number of benzene rings is 1. The maximum absolute atomic E-state index is 12.0. The molecule has 1 heterocycles. The Bertz CT molecular complexity index is 511. The van der Waals surface area contributed by atoms with Crippen LogP contribution in [0.4, 0.5) is 5.69 Å². The summed E-state index contributed by atoms with van der Waals surface area (Å²) >= 11 is 5.90. The van der Waals surface area contributed by atoms with Crippen LogP contribution in [0.5, 0.6) is 0 Å². The van der Waals surface area contributed by atoms with E-state index in [1.165, 1.54) is 0 Å². The van der Waals surface area contributed by atoms with E-state index < -0.39 is 0 Å². The molecule has 2 rings (SSSR count). The van der Waals surface area contributed by atoms with Crippen molar-refractivity contribution in [3.63, 3.8) is 0 Å². The molecular formula is C15H19ClN2O2. The van der Waals surface area contributed by atoms with Crippen molar-refractivity contribution in [3.05, 3.63) is 28.8 Å². The second-order valence-corrected chi connectivity index (χ2v) is 5.56. The minimum Gasteiger partial charge on any atom is -0.342 e. The highest BCUT2D eigenvalue weighted by Crippen LogP contribution is 2.20. The summed E-state index contributed by atoms with van der Waals surface area (Å²) in [6, 6.07) is 5.30. The minimum atomic E-state index is -0.286. The highest BCUT2D eigenvalue weighted by Gasteiger charge is 2.19. The fourth-order valence-electron chi connectivity index (χ4n) is 2.32. The Morgan fingerprint density at radius 2 is 1.95 bits per heavy atom. The summed E-state index contributed by atoms with van der Waals surface area (Å²) in [4.78, 5) is 25.7. The van der Waals surface area contributed by atoms with Crippen LogP contribution in [0, 0.1) is 6.92 Å². The molecule has 4 nitrogen and oxygen atoms in total. The molecule has 2 amide bonds. The largest absolute Gasteiger partial charge is 0.342 e. The highest BCUT2D eigenvalue weighted by atomic mass is 35.5. The summed E-state index contributed by atoms with van der Waals surface area (Å²) < 4.78 is 0. The van der Waals surface area contributed by atoms with Gasteiger partial charge in [0.05, 0.1) is 0 Å². The van der Waals surface area contributed by atoms with Crippen molar-refractivity contribution < 1.29 is 9.59 Å². The van der Waals surface area contributed by atoms with E-state index in [9.17, 15) is 9.59 Å². The molecule has 0 spiro atoms. The molecule has 1 fully saturated rings. The van der Waals surface area contributed by atoms with Crippen LogP contribution in [0.3, 0.4) is 0 Å². The summed E-state index contributed by atoms with van der Waals surface area (Å²) in [6.07, 6.45) is 3.12. The van der Waals surface area contributed by atoms with Crippen LogP contribution in [-0.2, 0) is 9.59 Å². The first kappa shape index (κ1) is 14.9. The third kappa shape index (κ3) is 3.97. The van der Waals surface area contributed by atoms with E-state index in [0.717, 1.165) is 37.9 Å². The Labute approximate surface area is 124 Å². The fourth-order valence-corrected chi connectivity index (χ4v) is 2.49. The van der Waals surface area contributed by atoms with Gasteiger partial charge in [0, 0.05) is 23.8 Å². The molecule has 1 aliphatic heterocycles. The van der Waals surface area contributed by atoms with E-state index in [1.807, 2.05) is 13.0 Å². The number of halogens is 1. The monoisotopic (exact) mass is 294 g/mol. The summed E-state index contributed by atoms with van der Waals surface area (Å²) in [5.74, 6) is -0.382. The van der Waals surface area contributed by atoms with Gasteiger partial charge >= 0.3 is 0 Å². The van der Waals surface area contributed by atoms with Crippen molar-refractivity contribution in [2.45, 2.75) is 32.6 Å². The third-order valence-corrected chi connectivity index (χ3v) is 3.73. The van der Waals surface area contributed by atoms with Crippen LogP contribution in [0.1, 0.15) is 31.2 Å². The Balaban J connectivity index is 1.91. The third-order valence-electron chi connectivity index (χ3n) is 3.49. The van der Waals surface area contributed by atoms with E-state index in [1.54, 1.807) is 17.0 Å². The van der Waals surface area contributed by atoms with Gasteiger partial charge in [0.25, 0.3) is 0 Å². The van der Waals surface area contributed by atoms with Gasteiger partial charge in [0.1, 0.15) is 6.42 Å². The lowest BCUT2D eigenvalue weighted by Gasteiger charge is -2.26. The normalized spacial score (nSPS) is 15.0. The van der Waals surface area contributed by atoms with E-state index in [-0.39, 0.29) is 18.2 Å². The van der Waals surface area contributed by atoms with E-state index in [0.29, 0.717) is 10.7 Å². The number of amides is 2. The Kier molecular flexibility index (Phi) is 5.01. The molecule has 20 heavy (non-hydrogen) atoms. The maximum atomic E-state index is 12.0. The van der Waals surface area contributed by atoms with Crippen LogP contribution in [0.15, 0.2) is 18.2 Å². The van der Waals surface area contributed by atoms with Gasteiger partial charge < -0.3 is 10.2 Å². The zero-order valence-corrected chi connectivity index (χ0v) is 12.4. The zero-order chi connectivity index (χ0) is 14.5. The first-order chi connectivity index (χ1) is 9.56. The molecule has 108 valence electrons. The lowest BCUT2D eigenvalue weighted by Crippen LogP contribution is -2.37. The number of carbonyl (C=O) groups is 2. The Morgan fingerprint density at radius 1 is 1.25 bits per heavy atom. The van der Waals surface area contributed by atoms with Crippen molar-refractivity contribution in [1.29, 1.82) is 0 Å². The van der Waals surface area contributed by atoms with Crippen molar-refractivity contribution in [2.75, 3.05) is 18.4 Å². The van der Waals surface area contributed by atoms with Gasteiger partial charge in [-0.2, -0.15) is 0 Å². The van der Waals surface area contributed by atoms with E-state index >= 15 is 0 Å². The first-order valence-electron chi connectivity index (χ1n) is 6.90. The molecule has 1 saturated heterocycles. The molecule has 1 aliphatic rings. The molecule has 0 radical (unpaired) electrons. The van der Waals surface area contributed by atoms with Gasteiger partial charge in [-0.05, 0) is 43.9 Å². The molecule has 0 bridgehead atoms. The van der Waals surface area contributed by atoms with Gasteiger partial charge in [-0.3, -0.25) is 9.59 Å². The second kappa shape index (κ2) is 6.75. The maximum Gasteiger partial charge on any atom is 0.233 e. The Hall–Kier alpha value is -1.55. The lowest BCUT2D eigenvalue weighted by atomic mass is 10.1. The fraction of sp³-hybridized carbons (Fsp3) is 0.467. The SMILES string of the molecule is Cc1ccc(Cl)cc1NC(=O)CC(=O)N1CCCCC1.